The lowest BCUT2D eigenvalue weighted by Gasteiger charge is -2.29. The second-order valence-corrected chi connectivity index (χ2v) is 6.65. The highest BCUT2D eigenvalue weighted by Gasteiger charge is 2.20. The minimum atomic E-state index is -0.909. The lowest BCUT2D eigenvalue weighted by Crippen LogP contribution is -2.42. The van der Waals surface area contributed by atoms with Gasteiger partial charge in [0.05, 0.1) is 12.6 Å². The number of carbonyl (C=O) groups excluding carboxylic acids is 1. The molecule has 1 atom stereocenters. The Hall–Kier alpha value is -2.31. The molecule has 1 amide bonds. The summed E-state index contributed by atoms with van der Waals surface area (Å²) in [6.07, 6.45) is 0.830. The zero-order valence-electron chi connectivity index (χ0n) is 15.9. The molecule has 0 bridgehead atoms. The second kappa shape index (κ2) is 10.1. The molecule has 4 nitrogen and oxygen atoms in total. The summed E-state index contributed by atoms with van der Waals surface area (Å²) in [5.74, 6) is -1.89. The Morgan fingerprint density at radius 3 is 2.41 bits per heavy atom. The molecule has 0 aromatic heterocycles. The Bertz CT molecular complexity index is 739. The van der Waals surface area contributed by atoms with Crippen LogP contribution in [0.5, 0.6) is 0 Å². The van der Waals surface area contributed by atoms with Crippen LogP contribution < -0.4 is 5.73 Å². The van der Waals surface area contributed by atoms with Gasteiger partial charge in [0.1, 0.15) is 0 Å². The summed E-state index contributed by atoms with van der Waals surface area (Å²) >= 11 is 0. The van der Waals surface area contributed by atoms with E-state index < -0.39 is 11.6 Å². The van der Waals surface area contributed by atoms with Crippen LogP contribution in [-0.4, -0.2) is 48.9 Å². The first-order valence-electron chi connectivity index (χ1n) is 9.09. The standard InChI is InChI=1S/C21H27F2N3O/c1-16(18-8-9-19(22)20(23)14-18)25(2)21(27)15-26(13-11-24)12-10-17-6-4-3-5-7-17/h3-9,14,16H,10-13,15,24H2,1-2H3. The van der Waals surface area contributed by atoms with Crippen molar-refractivity contribution in [1.29, 1.82) is 0 Å². The number of nitrogens with two attached hydrogens (primary N) is 1. The maximum absolute atomic E-state index is 13.5. The average Bonchev–Trinajstić information content (AvgIpc) is 2.68. The number of hydrogen-bond acceptors (Lipinski definition) is 3. The molecule has 1 unspecified atom stereocenters. The molecule has 6 heteroatoms. The maximum atomic E-state index is 13.5. The van der Waals surface area contributed by atoms with E-state index in [0.717, 1.165) is 25.1 Å². The zero-order valence-corrected chi connectivity index (χ0v) is 15.9. The molecule has 2 aromatic carbocycles. The van der Waals surface area contributed by atoms with E-state index >= 15 is 0 Å². The van der Waals surface area contributed by atoms with Crippen molar-refractivity contribution in [3.8, 4) is 0 Å². The van der Waals surface area contributed by atoms with Gasteiger partial charge < -0.3 is 10.6 Å². The summed E-state index contributed by atoms with van der Waals surface area (Å²) in [4.78, 5) is 16.3. The Kier molecular flexibility index (Phi) is 7.88. The van der Waals surface area contributed by atoms with Crippen molar-refractivity contribution >= 4 is 5.91 Å². The predicted octanol–water partition coefficient (Wildman–Crippen LogP) is 2.99. The van der Waals surface area contributed by atoms with Gasteiger partial charge in [-0.15, -0.1) is 0 Å². The van der Waals surface area contributed by atoms with Gasteiger partial charge in [-0.2, -0.15) is 0 Å². The third-order valence-electron chi connectivity index (χ3n) is 4.76. The van der Waals surface area contributed by atoms with Gasteiger partial charge in [0.15, 0.2) is 11.6 Å². The molecule has 0 aliphatic heterocycles. The van der Waals surface area contributed by atoms with Gasteiger partial charge in [-0.3, -0.25) is 9.69 Å². The van der Waals surface area contributed by atoms with E-state index in [1.54, 1.807) is 18.9 Å². The molecule has 0 fully saturated rings. The van der Waals surface area contributed by atoms with E-state index in [4.69, 9.17) is 5.73 Å². The largest absolute Gasteiger partial charge is 0.338 e. The number of likely N-dealkylation sites (N-methyl/N-ethyl adjacent to an activating group) is 1. The summed E-state index contributed by atoms with van der Waals surface area (Å²) in [6.45, 7) is 3.83. The van der Waals surface area contributed by atoms with Gasteiger partial charge in [0.2, 0.25) is 5.91 Å². The van der Waals surface area contributed by atoms with Crippen molar-refractivity contribution in [1.82, 2.24) is 9.80 Å². The first-order valence-corrected chi connectivity index (χ1v) is 9.09. The fourth-order valence-corrected chi connectivity index (χ4v) is 2.90. The topological polar surface area (TPSA) is 49.6 Å². The number of rotatable bonds is 9. The summed E-state index contributed by atoms with van der Waals surface area (Å²) in [7, 11) is 1.67. The summed E-state index contributed by atoms with van der Waals surface area (Å²) in [6, 6.07) is 13.4. The molecule has 0 aliphatic carbocycles. The lowest BCUT2D eigenvalue weighted by molar-refractivity contribution is -0.133. The Morgan fingerprint density at radius 1 is 1.07 bits per heavy atom. The van der Waals surface area contributed by atoms with Crippen molar-refractivity contribution in [3.05, 3.63) is 71.3 Å². The minimum Gasteiger partial charge on any atom is -0.338 e. The van der Waals surface area contributed by atoms with Crippen LogP contribution in [0.25, 0.3) is 0 Å². The summed E-state index contributed by atoms with van der Waals surface area (Å²) < 4.78 is 26.6. The van der Waals surface area contributed by atoms with Crippen molar-refractivity contribution in [2.24, 2.45) is 5.73 Å². The molecule has 0 aliphatic rings. The van der Waals surface area contributed by atoms with Gasteiger partial charge in [-0.1, -0.05) is 36.4 Å². The Labute approximate surface area is 159 Å². The molecule has 146 valence electrons. The fraction of sp³-hybridized carbons (Fsp3) is 0.381. The monoisotopic (exact) mass is 375 g/mol. The molecule has 2 aromatic rings. The average molecular weight is 375 g/mol. The highest BCUT2D eigenvalue weighted by molar-refractivity contribution is 5.78. The summed E-state index contributed by atoms with van der Waals surface area (Å²) in [5, 5.41) is 0. The van der Waals surface area contributed by atoms with E-state index in [-0.39, 0.29) is 18.5 Å². The molecule has 0 radical (unpaired) electrons. The van der Waals surface area contributed by atoms with Crippen LogP contribution in [-0.2, 0) is 11.2 Å². The molecule has 0 saturated carbocycles. The third-order valence-corrected chi connectivity index (χ3v) is 4.76. The predicted molar refractivity (Wildman–Crippen MR) is 103 cm³/mol. The molecule has 2 N–H and O–H groups in total. The highest BCUT2D eigenvalue weighted by atomic mass is 19.2. The quantitative estimate of drug-likeness (QED) is 0.733. The van der Waals surface area contributed by atoms with Gasteiger partial charge in [0, 0.05) is 26.7 Å². The van der Waals surface area contributed by atoms with E-state index in [1.165, 1.54) is 11.6 Å². The Balaban J connectivity index is 1.97. The van der Waals surface area contributed by atoms with Crippen molar-refractivity contribution in [2.45, 2.75) is 19.4 Å². The molecule has 0 heterocycles. The molecule has 0 spiro atoms. The van der Waals surface area contributed by atoms with Crippen LogP contribution in [0.15, 0.2) is 48.5 Å². The number of carbonyl (C=O) groups is 1. The molecule has 27 heavy (non-hydrogen) atoms. The van der Waals surface area contributed by atoms with Crippen LogP contribution in [0.3, 0.4) is 0 Å². The van der Waals surface area contributed by atoms with Gasteiger partial charge in [0.25, 0.3) is 0 Å². The van der Waals surface area contributed by atoms with Crippen LogP contribution in [0.2, 0.25) is 0 Å². The number of amides is 1. The van der Waals surface area contributed by atoms with Crippen LogP contribution >= 0.6 is 0 Å². The van der Waals surface area contributed by atoms with Gasteiger partial charge in [-0.05, 0) is 36.6 Å². The first-order chi connectivity index (χ1) is 12.9. The van der Waals surface area contributed by atoms with Crippen LogP contribution in [0, 0.1) is 11.6 Å². The first kappa shape index (κ1) is 21.0. The van der Waals surface area contributed by atoms with E-state index in [2.05, 4.69) is 12.1 Å². The molecular weight excluding hydrogens is 348 g/mol. The smallest absolute Gasteiger partial charge is 0.236 e. The fourth-order valence-electron chi connectivity index (χ4n) is 2.90. The van der Waals surface area contributed by atoms with E-state index in [9.17, 15) is 13.6 Å². The molecular formula is C21H27F2N3O. The number of nitrogens with zero attached hydrogens (tertiary/aromatic N) is 2. The van der Waals surface area contributed by atoms with Crippen LogP contribution in [0.4, 0.5) is 8.78 Å². The minimum absolute atomic E-state index is 0.0891. The van der Waals surface area contributed by atoms with E-state index in [0.29, 0.717) is 18.7 Å². The van der Waals surface area contributed by atoms with Crippen molar-refractivity contribution in [2.75, 3.05) is 33.2 Å². The summed E-state index contributed by atoms with van der Waals surface area (Å²) in [5.41, 5.74) is 7.45. The zero-order chi connectivity index (χ0) is 19.8. The molecule has 0 saturated heterocycles. The van der Waals surface area contributed by atoms with Gasteiger partial charge >= 0.3 is 0 Å². The number of halogens is 2. The van der Waals surface area contributed by atoms with E-state index in [1.807, 2.05) is 23.1 Å². The number of hydrogen-bond donors (Lipinski definition) is 1. The van der Waals surface area contributed by atoms with Gasteiger partial charge in [-0.25, -0.2) is 8.78 Å². The molecule has 2 rings (SSSR count). The third kappa shape index (κ3) is 6.12. The highest BCUT2D eigenvalue weighted by Crippen LogP contribution is 2.21. The van der Waals surface area contributed by atoms with Crippen molar-refractivity contribution in [3.63, 3.8) is 0 Å². The maximum Gasteiger partial charge on any atom is 0.236 e. The van der Waals surface area contributed by atoms with Crippen LogP contribution in [0.1, 0.15) is 24.1 Å². The lowest BCUT2D eigenvalue weighted by atomic mass is 10.1. The van der Waals surface area contributed by atoms with Crippen molar-refractivity contribution < 1.29 is 13.6 Å². The SMILES string of the molecule is CC(c1ccc(F)c(F)c1)N(C)C(=O)CN(CCN)CCc1ccccc1. The normalized spacial score (nSPS) is 12.2. The second-order valence-electron chi connectivity index (χ2n) is 6.65. The Morgan fingerprint density at radius 2 is 1.78 bits per heavy atom. The number of benzene rings is 2.